The van der Waals surface area contributed by atoms with Crippen LogP contribution in [0.15, 0.2) is 66.2 Å². The second-order valence-electron chi connectivity index (χ2n) is 6.43. The molecule has 2 aliphatic heterocycles. The molecule has 0 bridgehead atoms. The van der Waals surface area contributed by atoms with Gasteiger partial charge in [-0.3, -0.25) is 14.9 Å². The van der Waals surface area contributed by atoms with Gasteiger partial charge in [-0.25, -0.2) is 0 Å². The van der Waals surface area contributed by atoms with E-state index >= 15 is 0 Å². The Morgan fingerprint density at radius 1 is 0.962 bits per heavy atom. The van der Waals surface area contributed by atoms with Crippen LogP contribution in [0.3, 0.4) is 0 Å². The minimum absolute atomic E-state index is 0.174. The number of carbonyl (C=O) groups excluding carboxylic acids is 2. The predicted molar refractivity (Wildman–Crippen MR) is 99.1 cm³/mol. The normalized spacial score (nSPS) is 20.2. The Balaban J connectivity index is 1.69. The number of nitrogens with one attached hydrogen (secondary N) is 1. The number of phenolic OH excluding ortho intramolecular Hbond substituents is 1. The van der Waals surface area contributed by atoms with E-state index in [0.29, 0.717) is 18.7 Å². The molecule has 0 saturated carbocycles. The quantitative estimate of drug-likeness (QED) is 0.825. The molecule has 26 heavy (non-hydrogen) atoms. The number of para-hydroxylation sites is 1. The molecule has 6 nitrogen and oxygen atoms in total. The number of carbonyl (C=O) groups is 2. The fourth-order valence-corrected chi connectivity index (χ4v) is 3.58. The maximum Gasteiger partial charge on any atom is 0.256 e. The number of aromatic hydroxyl groups is 1. The molecule has 6 heteroatoms. The van der Waals surface area contributed by atoms with E-state index in [1.807, 2.05) is 36.4 Å². The summed E-state index contributed by atoms with van der Waals surface area (Å²) in [6, 6.07) is 16.7. The Labute approximate surface area is 151 Å². The van der Waals surface area contributed by atoms with E-state index in [1.165, 1.54) is 6.08 Å². The number of benzene rings is 2. The number of hydrogen-bond donors (Lipinski definition) is 2. The number of imide groups is 1. The first kappa shape index (κ1) is 16.2. The molecule has 2 amide bonds. The van der Waals surface area contributed by atoms with Crippen molar-refractivity contribution in [1.82, 2.24) is 5.32 Å². The van der Waals surface area contributed by atoms with Crippen molar-refractivity contribution in [1.29, 1.82) is 0 Å². The van der Waals surface area contributed by atoms with Gasteiger partial charge in [0.1, 0.15) is 5.75 Å². The van der Waals surface area contributed by atoms with Crippen molar-refractivity contribution < 1.29 is 14.7 Å². The number of piperazine rings is 1. The highest BCUT2D eigenvalue weighted by molar-refractivity contribution is 6.17. The highest BCUT2D eigenvalue weighted by Crippen LogP contribution is 2.30. The van der Waals surface area contributed by atoms with Gasteiger partial charge in [-0.15, -0.1) is 0 Å². The molecule has 2 aromatic rings. The molecule has 0 aliphatic carbocycles. The minimum Gasteiger partial charge on any atom is -0.508 e. The standard InChI is InChI=1S/C20H19N3O3/c24-16-8-4-7-15(11-16)23-10-9-22(14-5-2-1-3-6-14)13-18(23)17-12-19(25)21-20(17)26/h1-8,11-12,18,24H,9-10,13H2,(H,21,25,26). The van der Waals surface area contributed by atoms with Crippen LogP contribution in [0.4, 0.5) is 11.4 Å². The lowest BCUT2D eigenvalue weighted by atomic mass is 10.0. The van der Waals surface area contributed by atoms with Crippen LogP contribution in [0.1, 0.15) is 0 Å². The number of anilines is 2. The van der Waals surface area contributed by atoms with Gasteiger partial charge in [0.05, 0.1) is 6.04 Å². The lowest BCUT2D eigenvalue weighted by molar-refractivity contribution is -0.123. The Kier molecular flexibility index (Phi) is 4.08. The van der Waals surface area contributed by atoms with E-state index in [9.17, 15) is 14.7 Å². The molecule has 2 heterocycles. The average molecular weight is 349 g/mol. The molecule has 0 spiro atoms. The fraction of sp³-hybridized carbons (Fsp3) is 0.200. The highest BCUT2D eigenvalue weighted by atomic mass is 16.3. The van der Waals surface area contributed by atoms with Crippen molar-refractivity contribution >= 4 is 23.2 Å². The maximum absolute atomic E-state index is 12.3. The lowest BCUT2D eigenvalue weighted by Crippen LogP contribution is -2.55. The summed E-state index contributed by atoms with van der Waals surface area (Å²) in [4.78, 5) is 28.2. The number of nitrogens with zero attached hydrogens (tertiary/aromatic N) is 2. The van der Waals surface area contributed by atoms with Crippen LogP contribution in [-0.4, -0.2) is 42.6 Å². The molecule has 0 aromatic heterocycles. The lowest BCUT2D eigenvalue weighted by Gasteiger charge is -2.44. The highest BCUT2D eigenvalue weighted by Gasteiger charge is 2.36. The van der Waals surface area contributed by atoms with Crippen molar-refractivity contribution in [2.45, 2.75) is 6.04 Å². The number of phenols is 1. The topological polar surface area (TPSA) is 72.9 Å². The van der Waals surface area contributed by atoms with Crippen LogP contribution in [-0.2, 0) is 9.59 Å². The van der Waals surface area contributed by atoms with Gasteiger partial charge >= 0.3 is 0 Å². The van der Waals surface area contributed by atoms with E-state index in [1.54, 1.807) is 18.2 Å². The van der Waals surface area contributed by atoms with Gasteiger partial charge < -0.3 is 14.9 Å². The van der Waals surface area contributed by atoms with Crippen LogP contribution in [0.5, 0.6) is 5.75 Å². The number of hydrogen-bond acceptors (Lipinski definition) is 5. The molecule has 1 atom stereocenters. The molecule has 2 aromatic carbocycles. The third-order valence-corrected chi connectivity index (χ3v) is 4.81. The summed E-state index contributed by atoms with van der Waals surface area (Å²) in [5.41, 5.74) is 2.37. The molecule has 1 unspecified atom stereocenters. The number of rotatable bonds is 3. The molecular weight excluding hydrogens is 330 g/mol. The van der Waals surface area contributed by atoms with Crippen molar-refractivity contribution in [2.75, 3.05) is 29.4 Å². The monoisotopic (exact) mass is 349 g/mol. The summed E-state index contributed by atoms with van der Waals surface area (Å²) in [5.74, 6) is -0.551. The van der Waals surface area contributed by atoms with Crippen molar-refractivity contribution in [2.24, 2.45) is 0 Å². The number of amides is 2. The van der Waals surface area contributed by atoms with Gasteiger partial charge in [0, 0.05) is 48.7 Å². The zero-order chi connectivity index (χ0) is 18.1. The van der Waals surface area contributed by atoms with E-state index in [0.717, 1.165) is 17.9 Å². The van der Waals surface area contributed by atoms with Crippen molar-refractivity contribution in [3.8, 4) is 5.75 Å². The molecule has 2 N–H and O–H groups in total. The molecule has 4 rings (SSSR count). The maximum atomic E-state index is 12.3. The summed E-state index contributed by atoms with van der Waals surface area (Å²) >= 11 is 0. The van der Waals surface area contributed by atoms with Gasteiger partial charge in [0.2, 0.25) is 0 Å². The van der Waals surface area contributed by atoms with E-state index < -0.39 is 0 Å². The molecule has 1 fully saturated rings. The summed E-state index contributed by atoms with van der Waals surface area (Å²) < 4.78 is 0. The zero-order valence-electron chi connectivity index (χ0n) is 14.1. The summed E-state index contributed by atoms with van der Waals surface area (Å²) in [6.45, 7) is 2.02. The van der Waals surface area contributed by atoms with Gasteiger partial charge in [-0.05, 0) is 24.3 Å². The Hall–Kier alpha value is -3.28. The first-order valence-corrected chi connectivity index (χ1v) is 8.54. The van der Waals surface area contributed by atoms with Gasteiger partial charge in [0.15, 0.2) is 0 Å². The summed E-state index contributed by atoms with van der Waals surface area (Å²) in [6.07, 6.45) is 1.39. The minimum atomic E-state index is -0.377. The van der Waals surface area contributed by atoms with Crippen molar-refractivity contribution in [3.63, 3.8) is 0 Å². The van der Waals surface area contributed by atoms with E-state index in [-0.39, 0.29) is 23.6 Å². The van der Waals surface area contributed by atoms with Crippen LogP contribution in [0.25, 0.3) is 0 Å². The van der Waals surface area contributed by atoms with E-state index in [4.69, 9.17) is 0 Å². The summed E-state index contributed by atoms with van der Waals surface area (Å²) in [7, 11) is 0. The van der Waals surface area contributed by atoms with Crippen molar-refractivity contribution in [3.05, 3.63) is 66.2 Å². The van der Waals surface area contributed by atoms with Crippen LogP contribution in [0, 0.1) is 0 Å². The van der Waals surface area contributed by atoms with Crippen LogP contribution < -0.4 is 15.1 Å². The first-order chi connectivity index (χ1) is 12.6. The van der Waals surface area contributed by atoms with Gasteiger partial charge in [-0.1, -0.05) is 24.3 Å². The van der Waals surface area contributed by atoms with E-state index in [2.05, 4.69) is 15.1 Å². The van der Waals surface area contributed by atoms with Crippen LogP contribution in [0.2, 0.25) is 0 Å². The predicted octanol–water partition coefficient (Wildman–Crippen LogP) is 1.67. The second-order valence-corrected chi connectivity index (χ2v) is 6.43. The molecule has 0 radical (unpaired) electrons. The summed E-state index contributed by atoms with van der Waals surface area (Å²) in [5, 5.41) is 12.2. The average Bonchev–Trinajstić information content (AvgIpc) is 3.00. The molecular formula is C20H19N3O3. The SMILES string of the molecule is O=C1C=C(C2CN(c3ccccc3)CCN2c2cccc(O)c2)C(=O)N1. The smallest absolute Gasteiger partial charge is 0.256 e. The Morgan fingerprint density at radius 3 is 2.42 bits per heavy atom. The third-order valence-electron chi connectivity index (χ3n) is 4.81. The van der Waals surface area contributed by atoms with Crippen LogP contribution >= 0.6 is 0 Å². The molecule has 2 aliphatic rings. The Morgan fingerprint density at radius 2 is 1.73 bits per heavy atom. The first-order valence-electron chi connectivity index (χ1n) is 8.54. The third kappa shape index (κ3) is 3.01. The Bertz CT molecular complexity index is 879. The zero-order valence-corrected chi connectivity index (χ0v) is 14.1. The fourth-order valence-electron chi connectivity index (χ4n) is 3.58. The second kappa shape index (κ2) is 6.55. The molecule has 132 valence electrons. The largest absolute Gasteiger partial charge is 0.508 e. The molecule has 1 saturated heterocycles. The van der Waals surface area contributed by atoms with Gasteiger partial charge in [-0.2, -0.15) is 0 Å². The van der Waals surface area contributed by atoms with Gasteiger partial charge in [0.25, 0.3) is 11.8 Å².